The van der Waals surface area contributed by atoms with Crippen molar-refractivity contribution >= 4 is 22.9 Å². The zero-order valence-electron chi connectivity index (χ0n) is 11.8. The lowest BCUT2D eigenvalue weighted by molar-refractivity contribution is -0.115. The lowest BCUT2D eigenvalue weighted by Gasteiger charge is -2.24. The van der Waals surface area contributed by atoms with Gasteiger partial charge in [-0.1, -0.05) is 0 Å². The molecule has 0 amide bonds. The highest BCUT2D eigenvalue weighted by atomic mass is 16.6. The van der Waals surface area contributed by atoms with Crippen LogP contribution < -0.4 is 11.1 Å². The van der Waals surface area contributed by atoms with Gasteiger partial charge in [0.2, 0.25) is 5.95 Å². The summed E-state index contributed by atoms with van der Waals surface area (Å²) in [5.41, 5.74) is 5.80. The molecule has 114 valence electrons. The number of hydrogen-bond donors (Lipinski definition) is 4. The molecule has 3 atom stereocenters. The fourth-order valence-corrected chi connectivity index (χ4v) is 2.51. The fourth-order valence-electron chi connectivity index (χ4n) is 2.51. The predicted octanol–water partition coefficient (Wildman–Crippen LogP) is -0.519. The van der Waals surface area contributed by atoms with Crippen LogP contribution in [0.15, 0.2) is 6.33 Å². The number of nitrogens with two attached hydrogens (primary N) is 1. The highest BCUT2D eigenvalue weighted by Crippen LogP contribution is 2.37. The molecule has 3 rings (SSSR count). The first-order chi connectivity index (χ1) is 9.98. The number of imidazole rings is 1. The molecule has 0 bridgehead atoms. The second-order valence-corrected chi connectivity index (χ2v) is 5.30. The topological polar surface area (TPSA) is 131 Å². The van der Waals surface area contributed by atoms with Crippen LogP contribution >= 0.6 is 0 Å². The molecule has 3 heterocycles. The molecule has 5 N–H and O–H groups in total. The van der Waals surface area contributed by atoms with E-state index in [1.165, 1.54) is 0 Å². The zero-order valence-corrected chi connectivity index (χ0v) is 11.8. The second kappa shape index (κ2) is 4.79. The van der Waals surface area contributed by atoms with E-state index in [2.05, 4.69) is 20.3 Å². The van der Waals surface area contributed by atoms with Crippen LogP contribution in [-0.2, 0) is 4.74 Å². The summed E-state index contributed by atoms with van der Waals surface area (Å²) >= 11 is 0. The average Bonchev–Trinajstić information content (AvgIpc) is 3.00. The van der Waals surface area contributed by atoms with Crippen LogP contribution in [0.25, 0.3) is 11.2 Å². The number of ether oxygens (including phenoxy) is 1. The molecule has 0 unspecified atom stereocenters. The number of aromatic nitrogens is 4. The summed E-state index contributed by atoms with van der Waals surface area (Å²) in [5.74, 6) is 0.650. The number of fused-ring (bicyclic) bond motifs is 1. The van der Waals surface area contributed by atoms with E-state index < -0.39 is 17.9 Å². The van der Waals surface area contributed by atoms with E-state index in [0.29, 0.717) is 23.4 Å². The number of nitrogens with one attached hydrogen (secondary N) is 1. The van der Waals surface area contributed by atoms with Gasteiger partial charge < -0.3 is 26.0 Å². The summed E-state index contributed by atoms with van der Waals surface area (Å²) in [7, 11) is 1.72. The molecule has 0 radical (unpaired) electrons. The summed E-state index contributed by atoms with van der Waals surface area (Å²) in [6.45, 7) is 1.40. The summed E-state index contributed by atoms with van der Waals surface area (Å²) in [5, 5.41) is 22.4. The minimum absolute atomic E-state index is 0.122. The maximum atomic E-state index is 10.1. The van der Waals surface area contributed by atoms with Crippen molar-refractivity contribution in [2.45, 2.75) is 31.3 Å². The quantitative estimate of drug-likeness (QED) is 0.594. The molecule has 9 nitrogen and oxygen atoms in total. The van der Waals surface area contributed by atoms with Crippen LogP contribution in [0.5, 0.6) is 0 Å². The van der Waals surface area contributed by atoms with Gasteiger partial charge in [0.15, 0.2) is 17.0 Å². The van der Waals surface area contributed by atoms with E-state index in [4.69, 9.17) is 10.5 Å². The number of anilines is 2. The standard InChI is InChI=1S/C12H18N6O3/c1-12(4-19)6(20)3-7(21-12)18-5-15-8-9(14-2)16-11(13)17-10(8)18/h5-7,19-20H,3-4H2,1-2H3,(H3,13,14,16,17)/t6-,7+,12+/m0/s1. The normalized spacial score (nSPS) is 29.1. The number of aliphatic hydroxyl groups excluding tert-OH is 2. The minimum Gasteiger partial charge on any atom is -0.393 e. The Morgan fingerprint density at radius 1 is 1.57 bits per heavy atom. The van der Waals surface area contributed by atoms with Gasteiger partial charge in [-0.2, -0.15) is 9.97 Å². The third kappa shape index (κ3) is 2.09. The Morgan fingerprint density at radius 3 is 2.95 bits per heavy atom. The Balaban J connectivity index is 2.05. The van der Waals surface area contributed by atoms with Crippen molar-refractivity contribution in [2.24, 2.45) is 0 Å². The molecule has 1 aliphatic rings. The van der Waals surface area contributed by atoms with E-state index >= 15 is 0 Å². The first kappa shape index (κ1) is 14.0. The predicted molar refractivity (Wildman–Crippen MR) is 75.5 cm³/mol. The number of nitrogen functional groups attached to an aromatic ring is 1. The van der Waals surface area contributed by atoms with Gasteiger partial charge >= 0.3 is 0 Å². The van der Waals surface area contributed by atoms with E-state index in [9.17, 15) is 10.2 Å². The molecular formula is C12H18N6O3. The Labute approximate surface area is 120 Å². The first-order valence-electron chi connectivity index (χ1n) is 6.63. The van der Waals surface area contributed by atoms with Crippen LogP contribution in [0.3, 0.4) is 0 Å². The molecule has 0 aromatic carbocycles. The molecule has 2 aromatic rings. The van der Waals surface area contributed by atoms with Gasteiger partial charge in [0.05, 0.1) is 19.0 Å². The lowest BCUT2D eigenvalue weighted by Crippen LogP contribution is -2.39. The molecule has 2 aromatic heterocycles. The monoisotopic (exact) mass is 294 g/mol. The molecule has 0 spiro atoms. The molecule has 9 heteroatoms. The summed E-state index contributed by atoms with van der Waals surface area (Å²) in [6, 6.07) is 0. The third-order valence-corrected chi connectivity index (χ3v) is 3.83. The number of rotatable bonds is 3. The molecule has 1 aliphatic heterocycles. The zero-order chi connectivity index (χ0) is 15.2. The van der Waals surface area contributed by atoms with Crippen molar-refractivity contribution in [3.8, 4) is 0 Å². The van der Waals surface area contributed by atoms with Crippen molar-refractivity contribution in [2.75, 3.05) is 24.7 Å². The van der Waals surface area contributed by atoms with E-state index in [1.54, 1.807) is 24.9 Å². The van der Waals surface area contributed by atoms with Gasteiger partial charge in [-0.15, -0.1) is 0 Å². The maximum Gasteiger partial charge on any atom is 0.224 e. The van der Waals surface area contributed by atoms with Crippen LogP contribution in [0, 0.1) is 0 Å². The first-order valence-corrected chi connectivity index (χ1v) is 6.63. The van der Waals surface area contributed by atoms with Crippen LogP contribution in [0.4, 0.5) is 11.8 Å². The van der Waals surface area contributed by atoms with Gasteiger partial charge in [-0.3, -0.25) is 4.57 Å². The molecule has 1 saturated heterocycles. The average molecular weight is 294 g/mol. The molecule has 0 saturated carbocycles. The molecular weight excluding hydrogens is 276 g/mol. The van der Waals surface area contributed by atoms with E-state index in [0.717, 1.165) is 0 Å². The fraction of sp³-hybridized carbons (Fsp3) is 0.583. The minimum atomic E-state index is -0.994. The van der Waals surface area contributed by atoms with Gasteiger partial charge in [-0.05, 0) is 6.92 Å². The van der Waals surface area contributed by atoms with Gasteiger partial charge in [0.1, 0.15) is 11.8 Å². The highest BCUT2D eigenvalue weighted by Gasteiger charge is 2.45. The highest BCUT2D eigenvalue weighted by molar-refractivity contribution is 5.84. The number of nitrogens with zero attached hydrogens (tertiary/aromatic N) is 4. The summed E-state index contributed by atoms with van der Waals surface area (Å²) in [4.78, 5) is 12.5. The van der Waals surface area contributed by atoms with Gasteiger partial charge in [0.25, 0.3) is 0 Å². The lowest BCUT2D eigenvalue weighted by atomic mass is 10.0. The third-order valence-electron chi connectivity index (χ3n) is 3.83. The summed E-state index contributed by atoms with van der Waals surface area (Å²) < 4.78 is 7.47. The SMILES string of the molecule is CNc1nc(N)nc2c1ncn2[C@H]1C[C@H](O)[C@@](C)(CO)O1. The Morgan fingerprint density at radius 2 is 2.33 bits per heavy atom. The molecule has 0 aliphatic carbocycles. The van der Waals surface area contributed by atoms with E-state index in [-0.39, 0.29) is 12.6 Å². The largest absolute Gasteiger partial charge is 0.393 e. The maximum absolute atomic E-state index is 10.1. The molecule has 21 heavy (non-hydrogen) atoms. The van der Waals surface area contributed by atoms with Crippen molar-refractivity contribution < 1.29 is 14.9 Å². The van der Waals surface area contributed by atoms with Gasteiger partial charge in [-0.25, -0.2) is 4.98 Å². The number of aliphatic hydroxyl groups is 2. The van der Waals surface area contributed by atoms with Crippen LogP contribution in [0.2, 0.25) is 0 Å². The molecule has 1 fully saturated rings. The van der Waals surface area contributed by atoms with Crippen molar-refractivity contribution in [1.29, 1.82) is 0 Å². The van der Waals surface area contributed by atoms with Crippen molar-refractivity contribution in [3.05, 3.63) is 6.33 Å². The Bertz CT molecular complexity index is 674. The second-order valence-electron chi connectivity index (χ2n) is 5.30. The Kier molecular flexibility index (Phi) is 3.19. The number of hydrogen-bond acceptors (Lipinski definition) is 8. The van der Waals surface area contributed by atoms with E-state index in [1.807, 2.05) is 0 Å². The summed E-state index contributed by atoms with van der Waals surface area (Å²) in [6.07, 6.45) is 0.663. The van der Waals surface area contributed by atoms with Crippen LogP contribution in [0.1, 0.15) is 19.6 Å². The van der Waals surface area contributed by atoms with Crippen molar-refractivity contribution in [3.63, 3.8) is 0 Å². The van der Waals surface area contributed by atoms with Gasteiger partial charge in [0, 0.05) is 13.5 Å². The Hall–Kier alpha value is -1.97. The van der Waals surface area contributed by atoms with Crippen molar-refractivity contribution in [1.82, 2.24) is 19.5 Å². The smallest absolute Gasteiger partial charge is 0.224 e. The van der Waals surface area contributed by atoms with Crippen LogP contribution in [-0.4, -0.2) is 55.1 Å².